The van der Waals surface area contributed by atoms with Gasteiger partial charge in [0.15, 0.2) is 0 Å². The molecule has 7 heteroatoms. The maximum Gasteiger partial charge on any atom is 0.304 e. The van der Waals surface area contributed by atoms with Crippen LogP contribution in [0, 0.1) is 0 Å². The van der Waals surface area contributed by atoms with Gasteiger partial charge in [0.2, 0.25) is 0 Å². The van der Waals surface area contributed by atoms with Gasteiger partial charge in [-0.25, -0.2) is 4.98 Å². The van der Waals surface area contributed by atoms with Crippen molar-refractivity contribution in [1.82, 2.24) is 14.5 Å². The Morgan fingerprint density at radius 1 is 1.40 bits per heavy atom. The minimum atomic E-state index is -0.0543. The second kappa shape index (κ2) is 5.60. The molecule has 0 aliphatic rings. The van der Waals surface area contributed by atoms with Crippen molar-refractivity contribution in [1.29, 1.82) is 0 Å². The van der Waals surface area contributed by atoms with Gasteiger partial charge in [0.05, 0.1) is 17.6 Å². The molecular weight excluding hydrogens is 317 g/mol. The van der Waals surface area contributed by atoms with Gasteiger partial charge in [-0.1, -0.05) is 22.9 Å². The summed E-state index contributed by atoms with van der Waals surface area (Å²) < 4.78 is 2.04. The van der Waals surface area contributed by atoms with E-state index in [9.17, 15) is 4.79 Å². The summed E-state index contributed by atoms with van der Waals surface area (Å²) in [6, 6.07) is 5.59. The number of H-pyrrole nitrogens is 1. The van der Waals surface area contributed by atoms with Crippen molar-refractivity contribution in [3.8, 4) is 0 Å². The molecule has 3 rings (SSSR count). The Hall–Kier alpha value is -1.30. The number of imidazole rings is 1. The molecule has 0 radical (unpaired) electrons. The summed E-state index contributed by atoms with van der Waals surface area (Å²) in [5.74, 6) is 1.39. The quantitative estimate of drug-likeness (QED) is 0.747. The van der Waals surface area contributed by atoms with Gasteiger partial charge in [0.1, 0.15) is 5.82 Å². The van der Waals surface area contributed by atoms with E-state index in [0.29, 0.717) is 23.9 Å². The van der Waals surface area contributed by atoms with E-state index in [0.717, 1.165) is 33.9 Å². The summed E-state index contributed by atoms with van der Waals surface area (Å²) in [7, 11) is 0. The average Bonchev–Trinajstić information content (AvgIpc) is 2.96. The Bertz CT molecular complexity index is 805. The third kappa shape index (κ3) is 2.61. The van der Waals surface area contributed by atoms with Crippen LogP contribution in [0.25, 0.3) is 11.0 Å². The van der Waals surface area contributed by atoms with Crippen LogP contribution in [0.5, 0.6) is 0 Å². The number of aromatic amines is 1. The second-order valence-corrected chi connectivity index (χ2v) is 6.02. The highest BCUT2D eigenvalue weighted by molar-refractivity contribution is 7.07. The average molecular weight is 328 g/mol. The summed E-state index contributed by atoms with van der Waals surface area (Å²) in [5, 5.41) is 2.48. The first-order valence-corrected chi connectivity index (χ1v) is 7.84. The number of alkyl halides is 1. The monoisotopic (exact) mass is 327 g/mol. The normalized spacial score (nSPS) is 11.3. The standard InChI is InChI=1S/C13H11Cl2N3OS/c14-4-3-12-17-10-2-1-8(15)5-11(10)18(12)6-9-7-20-13(19)16-9/h1-2,5,7H,3-4,6H2,(H,16,19). The molecule has 0 saturated carbocycles. The van der Waals surface area contributed by atoms with E-state index < -0.39 is 0 Å². The molecule has 2 heterocycles. The predicted molar refractivity (Wildman–Crippen MR) is 83.2 cm³/mol. The molecule has 0 atom stereocenters. The molecule has 0 fully saturated rings. The SMILES string of the molecule is O=c1[nH]c(Cn2c(CCCl)nc3ccc(Cl)cc32)cs1. The van der Waals surface area contributed by atoms with Crippen LogP contribution in [-0.4, -0.2) is 20.4 Å². The Labute approximate surface area is 129 Å². The van der Waals surface area contributed by atoms with Crippen molar-refractivity contribution in [2.45, 2.75) is 13.0 Å². The van der Waals surface area contributed by atoms with Gasteiger partial charge in [-0.3, -0.25) is 4.79 Å². The molecule has 0 unspecified atom stereocenters. The molecule has 1 aromatic carbocycles. The van der Waals surface area contributed by atoms with Gasteiger partial charge in [0, 0.05) is 28.4 Å². The number of benzene rings is 1. The van der Waals surface area contributed by atoms with Crippen LogP contribution in [0.3, 0.4) is 0 Å². The van der Waals surface area contributed by atoms with E-state index in [2.05, 4.69) is 9.97 Å². The van der Waals surface area contributed by atoms with Crippen molar-refractivity contribution in [2.24, 2.45) is 0 Å². The molecule has 20 heavy (non-hydrogen) atoms. The van der Waals surface area contributed by atoms with Crippen molar-refractivity contribution in [3.63, 3.8) is 0 Å². The molecule has 3 aromatic rings. The molecule has 4 nitrogen and oxygen atoms in total. The van der Waals surface area contributed by atoms with Gasteiger partial charge in [-0.2, -0.15) is 0 Å². The maximum absolute atomic E-state index is 11.2. The molecule has 0 spiro atoms. The first-order chi connectivity index (χ1) is 9.67. The number of nitrogens with one attached hydrogen (secondary N) is 1. The van der Waals surface area contributed by atoms with E-state index in [4.69, 9.17) is 23.2 Å². The zero-order valence-corrected chi connectivity index (χ0v) is 12.7. The molecule has 104 valence electrons. The van der Waals surface area contributed by atoms with Crippen LogP contribution < -0.4 is 4.87 Å². The lowest BCUT2D eigenvalue weighted by Crippen LogP contribution is -2.07. The Kier molecular flexibility index (Phi) is 3.83. The van der Waals surface area contributed by atoms with E-state index in [-0.39, 0.29) is 4.87 Å². The zero-order chi connectivity index (χ0) is 14.1. The highest BCUT2D eigenvalue weighted by Crippen LogP contribution is 2.22. The van der Waals surface area contributed by atoms with Crippen LogP contribution in [0.2, 0.25) is 5.02 Å². The Morgan fingerprint density at radius 2 is 2.25 bits per heavy atom. The van der Waals surface area contributed by atoms with Crippen LogP contribution in [-0.2, 0) is 13.0 Å². The number of thiazole rings is 1. The number of aromatic nitrogens is 3. The first kappa shape index (κ1) is 13.7. The third-order valence-electron chi connectivity index (χ3n) is 3.01. The number of hydrogen-bond acceptors (Lipinski definition) is 3. The van der Waals surface area contributed by atoms with Gasteiger partial charge >= 0.3 is 4.87 Å². The summed E-state index contributed by atoms with van der Waals surface area (Å²) >= 11 is 13.1. The number of rotatable bonds is 4. The minimum absolute atomic E-state index is 0.0543. The smallest absolute Gasteiger partial charge is 0.304 e. The fourth-order valence-electron chi connectivity index (χ4n) is 2.16. The van der Waals surface area contributed by atoms with Gasteiger partial charge < -0.3 is 9.55 Å². The fourth-order valence-corrected chi connectivity index (χ4v) is 3.07. The number of halogens is 2. The third-order valence-corrected chi connectivity index (χ3v) is 4.15. The summed E-state index contributed by atoms with van der Waals surface area (Å²) in [6.07, 6.45) is 0.669. The second-order valence-electron chi connectivity index (χ2n) is 4.36. The van der Waals surface area contributed by atoms with Gasteiger partial charge in [-0.15, -0.1) is 11.6 Å². The van der Waals surface area contributed by atoms with Gasteiger partial charge in [0.25, 0.3) is 0 Å². The van der Waals surface area contributed by atoms with Crippen LogP contribution in [0.4, 0.5) is 0 Å². The van der Waals surface area contributed by atoms with Crippen LogP contribution in [0.15, 0.2) is 28.4 Å². The van der Waals surface area contributed by atoms with Crippen LogP contribution in [0.1, 0.15) is 11.5 Å². The largest absolute Gasteiger partial charge is 0.322 e. The van der Waals surface area contributed by atoms with Crippen molar-refractivity contribution in [2.75, 3.05) is 5.88 Å². The molecule has 2 aromatic heterocycles. The maximum atomic E-state index is 11.2. The van der Waals surface area contributed by atoms with E-state index >= 15 is 0 Å². The van der Waals surface area contributed by atoms with Crippen molar-refractivity contribution < 1.29 is 0 Å². The predicted octanol–water partition coefficient (Wildman–Crippen LogP) is 3.27. The lowest BCUT2D eigenvalue weighted by molar-refractivity contribution is 0.740. The highest BCUT2D eigenvalue weighted by Gasteiger charge is 2.12. The highest BCUT2D eigenvalue weighted by atomic mass is 35.5. The summed E-state index contributed by atoms with van der Waals surface area (Å²) in [6.45, 7) is 0.557. The van der Waals surface area contributed by atoms with Crippen molar-refractivity contribution >= 4 is 45.6 Å². The molecular formula is C13H11Cl2N3OS. The molecule has 1 N–H and O–H groups in total. The number of hydrogen-bond donors (Lipinski definition) is 1. The Morgan fingerprint density at radius 3 is 2.95 bits per heavy atom. The first-order valence-electron chi connectivity index (χ1n) is 6.04. The molecule has 0 aliphatic heterocycles. The minimum Gasteiger partial charge on any atom is -0.322 e. The number of aryl methyl sites for hydroxylation is 1. The van der Waals surface area contributed by atoms with Gasteiger partial charge in [-0.05, 0) is 18.2 Å². The lowest BCUT2D eigenvalue weighted by Gasteiger charge is -2.07. The van der Waals surface area contributed by atoms with E-state index in [1.54, 1.807) is 0 Å². The number of nitrogens with zero attached hydrogens (tertiary/aromatic N) is 2. The fraction of sp³-hybridized carbons (Fsp3) is 0.231. The zero-order valence-electron chi connectivity index (χ0n) is 10.4. The van der Waals surface area contributed by atoms with E-state index in [1.165, 1.54) is 0 Å². The number of fused-ring (bicyclic) bond motifs is 1. The molecule has 0 amide bonds. The molecule has 0 saturated heterocycles. The Balaban J connectivity index is 2.12. The molecule has 0 aliphatic carbocycles. The lowest BCUT2D eigenvalue weighted by atomic mass is 10.3. The topological polar surface area (TPSA) is 50.7 Å². The van der Waals surface area contributed by atoms with E-state index in [1.807, 2.05) is 28.1 Å². The van der Waals surface area contributed by atoms with Crippen molar-refractivity contribution in [3.05, 3.63) is 49.8 Å². The summed E-state index contributed by atoms with van der Waals surface area (Å²) in [4.78, 5) is 18.6. The molecule has 0 bridgehead atoms. The van der Waals surface area contributed by atoms with Crippen LogP contribution >= 0.6 is 34.5 Å². The summed E-state index contributed by atoms with van der Waals surface area (Å²) in [5.41, 5.74) is 2.69.